The van der Waals surface area contributed by atoms with Crippen LogP contribution < -0.4 is 0 Å². The molecule has 1 atom stereocenters. The molecule has 1 N–H and O–H groups in total. The van der Waals surface area contributed by atoms with Gasteiger partial charge in [0.2, 0.25) is 0 Å². The maximum Gasteiger partial charge on any atom is 0.106 e. The van der Waals surface area contributed by atoms with Crippen LogP contribution in [0.5, 0.6) is 0 Å². The first-order chi connectivity index (χ1) is 8.74. The molecule has 3 rings (SSSR count). The SMILES string of the molecule is OC(c1csc(I)c1)c1cnc2ccccc2c1. The number of benzene rings is 1. The highest BCUT2D eigenvalue weighted by Crippen LogP contribution is 2.28. The Balaban J connectivity index is 2.03. The van der Waals surface area contributed by atoms with Gasteiger partial charge in [-0.1, -0.05) is 18.2 Å². The van der Waals surface area contributed by atoms with Gasteiger partial charge in [-0.05, 0) is 51.7 Å². The van der Waals surface area contributed by atoms with E-state index in [0.717, 1.165) is 22.0 Å². The van der Waals surface area contributed by atoms with Crippen molar-refractivity contribution < 1.29 is 5.11 Å². The molecule has 0 amide bonds. The summed E-state index contributed by atoms with van der Waals surface area (Å²) in [6.07, 6.45) is 1.15. The average molecular weight is 367 g/mol. The molecule has 18 heavy (non-hydrogen) atoms. The quantitative estimate of drug-likeness (QED) is 0.695. The molecular formula is C14H10INOS. The smallest absolute Gasteiger partial charge is 0.106 e. The lowest BCUT2D eigenvalue weighted by molar-refractivity contribution is 0.220. The molecule has 1 unspecified atom stereocenters. The van der Waals surface area contributed by atoms with Crippen LogP contribution in [-0.2, 0) is 0 Å². The summed E-state index contributed by atoms with van der Waals surface area (Å²) in [7, 11) is 0. The van der Waals surface area contributed by atoms with E-state index in [1.807, 2.05) is 41.8 Å². The summed E-state index contributed by atoms with van der Waals surface area (Å²) in [5.41, 5.74) is 2.72. The number of rotatable bonds is 2. The van der Waals surface area contributed by atoms with Gasteiger partial charge in [-0.2, -0.15) is 0 Å². The third-order valence-electron chi connectivity index (χ3n) is 2.83. The summed E-state index contributed by atoms with van der Waals surface area (Å²) >= 11 is 3.90. The first-order valence-corrected chi connectivity index (χ1v) is 7.46. The lowest BCUT2D eigenvalue weighted by Crippen LogP contribution is -1.98. The van der Waals surface area contributed by atoms with Crippen LogP contribution in [-0.4, -0.2) is 10.1 Å². The Labute approximate surface area is 122 Å². The molecule has 0 bridgehead atoms. The molecule has 3 aromatic rings. The largest absolute Gasteiger partial charge is 0.384 e. The molecule has 2 aromatic heterocycles. The highest BCUT2D eigenvalue weighted by Gasteiger charge is 2.13. The number of thiophene rings is 1. The topological polar surface area (TPSA) is 33.1 Å². The fourth-order valence-electron chi connectivity index (χ4n) is 1.90. The van der Waals surface area contributed by atoms with Gasteiger partial charge in [0, 0.05) is 17.1 Å². The minimum atomic E-state index is -0.595. The molecule has 4 heteroatoms. The van der Waals surface area contributed by atoms with E-state index in [0.29, 0.717) is 0 Å². The highest BCUT2D eigenvalue weighted by atomic mass is 127. The van der Waals surface area contributed by atoms with E-state index in [-0.39, 0.29) is 0 Å². The Morgan fingerprint density at radius 1 is 1.17 bits per heavy atom. The molecule has 0 aliphatic heterocycles. The Morgan fingerprint density at radius 2 is 2.00 bits per heavy atom. The van der Waals surface area contributed by atoms with Gasteiger partial charge >= 0.3 is 0 Å². The minimum Gasteiger partial charge on any atom is -0.384 e. The fourth-order valence-corrected chi connectivity index (χ4v) is 3.29. The van der Waals surface area contributed by atoms with Crippen molar-refractivity contribution in [1.82, 2.24) is 4.98 Å². The van der Waals surface area contributed by atoms with E-state index >= 15 is 0 Å². The van der Waals surface area contributed by atoms with Gasteiger partial charge in [-0.15, -0.1) is 11.3 Å². The van der Waals surface area contributed by atoms with Crippen LogP contribution in [0.1, 0.15) is 17.2 Å². The molecule has 2 heterocycles. The summed E-state index contributed by atoms with van der Waals surface area (Å²) in [5.74, 6) is 0. The summed E-state index contributed by atoms with van der Waals surface area (Å²) in [5, 5.41) is 13.4. The molecule has 0 saturated heterocycles. The molecule has 2 nitrogen and oxygen atoms in total. The van der Waals surface area contributed by atoms with Crippen LogP contribution >= 0.6 is 33.9 Å². The van der Waals surface area contributed by atoms with Crippen LogP contribution in [0.3, 0.4) is 0 Å². The van der Waals surface area contributed by atoms with E-state index in [1.165, 1.54) is 2.88 Å². The number of fused-ring (bicyclic) bond motifs is 1. The molecule has 90 valence electrons. The second-order valence-corrected chi connectivity index (χ2v) is 6.85. The van der Waals surface area contributed by atoms with Gasteiger partial charge < -0.3 is 5.11 Å². The van der Waals surface area contributed by atoms with Crippen molar-refractivity contribution in [2.45, 2.75) is 6.10 Å². The Morgan fingerprint density at radius 3 is 2.78 bits per heavy atom. The first kappa shape index (κ1) is 12.1. The molecule has 0 aliphatic rings. The van der Waals surface area contributed by atoms with Crippen molar-refractivity contribution in [1.29, 1.82) is 0 Å². The van der Waals surface area contributed by atoms with Gasteiger partial charge in [-0.3, -0.25) is 4.98 Å². The maximum absolute atomic E-state index is 10.3. The van der Waals surface area contributed by atoms with Crippen molar-refractivity contribution in [2.75, 3.05) is 0 Å². The van der Waals surface area contributed by atoms with Crippen molar-refractivity contribution >= 4 is 44.8 Å². The summed E-state index contributed by atoms with van der Waals surface area (Å²) in [6, 6.07) is 11.9. The maximum atomic E-state index is 10.3. The van der Waals surface area contributed by atoms with Gasteiger partial charge in [0.05, 0.1) is 8.40 Å². The van der Waals surface area contributed by atoms with E-state index in [2.05, 4.69) is 27.6 Å². The van der Waals surface area contributed by atoms with Gasteiger partial charge in [0.25, 0.3) is 0 Å². The number of para-hydroxylation sites is 1. The predicted molar refractivity (Wildman–Crippen MR) is 82.8 cm³/mol. The summed E-state index contributed by atoms with van der Waals surface area (Å²) < 4.78 is 1.18. The molecule has 0 radical (unpaired) electrons. The third kappa shape index (κ3) is 2.28. The standard InChI is InChI=1S/C14H10INOS/c15-13-6-11(8-18-13)14(17)10-5-9-3-1-2-4-12(9)16-7-10/h1-8,14,17H. The zero-order valence-electron chi connectivity index (χ0n) is 9.38. The number of aliphatic hydroxyl groups is 1. The van der Waals surface area contributed by atoms with E-state index in [9.17, 15) is 5.11 Å². The lowest BCUT2D eigenvalue weighted by Gasteiger charge is -2.09. The number of aliphatic hydroxyl groups excluding tert-OH is 1. The van der Waals surface area contributed by atoms with E-state index < -0.39 is 6.10 Å². The second kappa shape index (κ2) is 4.95. The van der Waals surface area contributed by atoms with E-state index in [4.69, 9.17) is 0 Å². The zero-order chi connectivity index (χ0) is 12.5. The minimum absolute atomic E-state index is 0.595. The molecule has 0 saturated carbocycles. The van der Waals surface area contributed by atoms with Crippen molar-refractivity contribution in [3.05, 3.63) is 62.0 Å². The lowest BCUT2D eigenvalue weighted by atomic mass is 10.0. The summed E-state index contributed by atoms with van der Waals surface area (Å²) in [6.45, 7) is 0. The van der Waals surface area contributed by atoms with Crippen molar-refractivity contribution in [3.63, 3.8) is 0 Å². The predicted octanol–water partition coefficient (Wildman–Crippen LogP) is 3.98. The number of halogens is 1. The zero-order valence-corrected chi connectivity index (χ0v) is 12.4. The molecule has 0 fully saturated rings. The average Bonchev–Trinajstić information content (AvgIpc) is 2.84. The number of aromatic nitrogens is 1. The van der Waals surface area contributed by atoms with Crippen molar-refractivity contribution in [2.24, 2.45) is 0 Å². The number of nitrogens with zero attached hydrogens (tertiary/aromatic N) is 1. The van der Waals surface area contributed by atoms with Crippen LogP contribution in [0.4, 0.5) is 0 Å². The fraction of sp³-hybridized carbons (Fsp3) is 0.0714. The number of hydrogen-bond donors (Lipinski definition) is 1. The van der Waals surface area contributed by atoms with Crippen LogP contribution in [0, 0.1) is 2.88 Å². The van der Waals surface area contributed by atoms with Crippen LogP contribution in [0.2, 0.25) is 0 Å². The third-order valence-corrected chi connectivity index (χ3v) is 4.64. The van der Waals surface area contributed by atoms with Gasteiger partial charge in [0.15, 0.2) is 0 Å². The molecule has 1 aromatic carbocycles. The van der Waals surface area contributed by atoms with Gasteiger partial charge in [-0.25, -0.2) is 0 Å². The van der Waals surface area contributed by atoms with Crippen LogP contribution in [0.15, 0.2) is 48.0 Å². The van der Waals surface area contributed by atoms with Crippen molar-refractivity contribution in [3.8, 4) is 0 Å². The highest BCUT2D eigenvalue weighted by molar-refractivity contribution is 14.1. The normalized spacial score (nSPS) is 12.8. The Kier molecular flexibility index (Phi) is 3.32. The Hall–Kier alpha value is -0.980. The monoisotopic (exact) mass is 367 g/mol. The molecule has 0 aliphatic carbocycles. The van der Waals surface area contributed by atoms with Crippen LogP contribution in [0.25, 0.3) is 10.9 Å². The number of hydrogen-bond acceptors (Lipinski definition) is 3. The molecule has 0 spiro atoms. The van der Waals surface area contributed by atoms with Gasteiger partial charge in [0.1, 0.15) is 6.10 Å². The Bertz CT molecular complexity index is 695. The second-order valence-electron chi connectivity index (χ2n) is 4.05. The van der Waals surface area contributed by atoms with E-state index in [1.54, 1.807) is 17.5 Å². The number of pyridine rings is 1. The first-order valence-electron chi connectivity index (χ1n) is 5.51. The molecular weight excluding hydrogens is 357 g/mol. The summed E-state index contributed by atoms with van der Waals surface area (Å²) in [4.78, 5) is 4.38.